The van der Waals surface area contributed by atoms with Gasteiger partial charge in [-0.15, -0.1) is 0 Å². The number of rotatable bonds is 10. The van der Waals surface area contributed by atoms with E-state index in [4.69, 9.17) is 0 Å². The average Bonchev–Trinajstić information content (AvgIpc) is 2.68. The number of hydrogen-bond acceptors (Lipinski definition) is 3. The molecule has 152 valence electrons. The zero-order valence-electron chi connectivity index (χ0n) is 16.9. The van der Waals surface area contributed by atoms with Crippen LogP contribution in [-0.4, -0.2) is 20.9 Å². The van der Waals surface area contributed by atoms with E-state index >= 15 is 0 Å². The SMILES string of the molecule is CCCC[C@@H](CC)CNC(=O)c1cccc(NS(=O)(=O)c2ccc(C)cc2)c1. The first-order chi connectivity index (χ1) is 13.4. The summed E-state index contributed by atoms with van der Waals surface area (Å²) in [4.78, 5) is 12.7. The number of aryl methyl sites for hydroxylation is 1. The van der Waals surface area contributed by atoms with E-state index in [1.165, 1.54) is 0 Å². The van der Waals surface area contributed by atoms with Gasteiger partial charge in [-0.3, -0.25) is 9.52 Å². The van der Waals surface area contributed by atoms with Crippen LogP contribution in [0.4, 0.5) is 5.69 Å². The second kappa shape index (κ2) is 10.3. The predicted octanol–water partition coefficient (Wildman–Crippen LogP) is 4.74. The lowest BCUT2D eigenvalue weighted by molar-refractivity contribution is 0.0946. The molecule has 0 aliphatic carbocycles. The van der Waals surface area contributed by atoms with Gasteiger partial charge in [-0.25, -0.2) is 8.42 Å². The van der Waals surface area contributed by atoms with Gasteiger partial charge in [0.25, 0.3) is 15.9 Å². The molecular formula is C22H30N2O3S. The first-order valence-corrected chi connectivity index (χ1v) is 11.3. The maximum atomic E-state index is 12.5. The predicted molar refractivity (Wildman–Crippen MR) is 114 cm³/mol. The minimum atomic E-state index is -3.69. The van der Waals surface area contributed by atoms with Gasteiger partial charge in [0.1, 0.15) is 0 Å². The highest BCUT2D eigenvalue weighted by Gasteiger charge is 2.15. The highest BCUT2D eigenvalue weighted by Crippen LogP contribution is 2.18. The van der Waals surface area contributed by atoms with E-state index in [0.717, 1.165) is 31.2 Å². The molecule has 0 saturated carbocycles. The van der Waals surface area contributed by atoms with Crippen LogP contribution in [-0.2, 0) is 10.0 Å². The van der Waals surface area contributed by atoms with Gasteiger partial charge in [0.15, 0.2) is 0 Å². The molecule has 2 rings (SSSR count). The lowest BCUT2D eigenvalue weighted by Gasteiger charge is -2.15. The zero-order chi connectivity index (χ0) is 20.6. The van der Waals surface area contributed by atoms with Gasteiger partial charge in [0.2, 0.25) is 0 Å². The molecular weight excluding hydrogens is 372 g/mol. The monoisotopic (exact) mass is 402 g/mol. The van der Waals surface area contributed by atoms with Crippen molar-refractivity contribution in [3.63, 3.8) is 0 Å². The number of carbonyl (C=O) groups is 1. The van der Waals surface area contributed by atoms with E-state index in [-0.39, 0.29) is 10.8 Å². The minimum absolute atomic E-state index is 0.189. The molecule has 0 aliphatic rings. The first kappa shape index (κ1) is 22.0. The fourth-order valence-electron chi connectivity index (χ4n) is 2.94. The van der Waals surface area contributed by atoms with Crippen LogP contribution in [0.2, 0.25) is 0 Å². The summed E-state index contributed by atoms with van der Waals surface area (Å²) in [6.45, 7) is 6.83. The smallest absolute Gasteiger partial charge is 0.261 e. The molecule has 0 spiro atoms. The number of carbonyl (C=O) groups excluding carboxylic acids is 1. The van der Waals surface area contributed by atoms with Crippen LogP contribution in [0.3, 0.4) is 0 Å². The van der Waals surface area contributed by atoms with E-state index < -0.39 is 10.0 Å². The lowest BCUT2D eigenvalue weighted by atomic mass is 9.99. The second-order valence-corrected chi connectivity index (χ2v) is 8.81. The summed E-state index contributed by atoms with van der Waals surface area (Å²) in [7, 11) is -3.69. The maximum Gasteiger partial charge on any atom is 0.261 e. The summed E-state index contributed by atoms with van der Waals surface area (Å²) in [5.41, 5.74) is 1.79. The Labute approximate surface area is 168 Å². The van der Waals surface area contributed by atoms with Crippen molar-refractivity contribution in [2.75, 3.05) is 11.3 Å². The summed E-state index contributed by atoms with van der Waals surface area (Å²) >= 11 is 0. The first-order valence-electron chi connectivity index (χ1n) is 9.83. The largest absolute Gasteiger partial charge is 0.352 e. The number of hydrogen-bond donors (Lipinski definition) is 2. The van der Waals surface area contributed by atoms with Gasteiger partial charge >= 0.3 is 0 Å². The third kappa shape index (κ3) is 6.37. The number of amides is 1. The lowest BCUT2D eigenvalue weighted by Crippen LogP contribution is -2.29. The molecule has 28 heavy (non-hydrogen) atoms. The molecule has 0 saturated heterocycles. The second-order valence-electron chi connectivity index (χ2n) is 7.13. The fourth-order valence-corrected chi connectivity index (χ4v) is 3.99. The quantitative estimate of drug-likeness (QED) is 0.603. The molecule has 2 aromatic rings. The number of nitrogens with one attached hydrogen (secondary N) is 2. The van der Waals surface area contributed by atoms with Gasteiger partial charge in [-0.2, -0.15) is 0 Å². The molecule has 0 aliphatic heterocycles. The summed E-state index contributed by atoms with van der Waals surface area (Å²) < 4.78 is 27.6. The topological polar surface area (TPSA) is 75.3 Å². The number of benzene rings is 2. The molecule has 5 nitrogen and oxygen atoms in total. The molecule has 1 amide bonds. The highest BCUT2D eigenvalue weighted by molar-refractivity contribution is 7.92. The fraction of sp³-hybridized carbons (Fsp3) is 0.409. The van der Waals surface area contributed by atoms with Crippen molar-refractivity contribution in [3.05, 3.63) is 59.7 Å². The normalized spacial score (nSPS) is 12.4. The van der Waals surface area contributed by atoms with E-state index in [0.29, 0.717) is 23.7 Å². The Bertz CT molecular complexity index is 877. The number of unbranched alkanes of at least 4 members (excludes halogenated alkanes) is 1. The molecule has 0 radical (unpaired) electrons. The Morgan fingerprint density at radius 3 is 2.43 bits per heavy atom. The maximum absolute atomic E-state index is 12.5. The van der Waals surface area contributed by atoms with Crippen molar-refractivity contribution in [2.45, 2.75) is 51.3 Å². The standard InChI is InChI=1S/C22H30N2O3S/c1-4-6-8-18(5-2)16-23-22(25)19-9-7-10-20(15-19)24-28(26,27)21-13-11-17(3)12-14-21/h7,9-15,18,24H,4-6,8,16H2,1-3H3,(H,23,25)/t18-/m1/s1. The van der Waals surface area contributed by atoms with Gasteiger partial charge < -0.3 is 5.32 Å². The van der Waals surface area contributed by atoms with Crippen LogP contribution in [0.15, 0.2) is 53.4 Å². The third-order valence-electron chi connectivity index (χ3n) is 4.80. The minimum Gasteiger partial charge on any atom is -0.352 e. The van der Waals surface area contributed by atoms with Crippen LogP contribution in [0.25, 0.3) is 0 Å². The third-order valence-corrected chi connectivity index (χ3v) is 6.20. The summed E-state index contributed by atoms with van der Waals surface area (Å²) in [5.74, 6) is 0.276. The molecule has 1 atom stereocenters. The van der Waals surface area contributed by atoms with Crippen LogP contribution in [0.1, 0.15) is 55.5 Å². The zero-order valence-corrected chi connectivity index (χ0v) is 17.7. The Hall–Kier alpha value is -2.34. The molecule has 6 heteroatoms. The van der Waals surface area contributed by atoms with E-state index in [9.17, 15) is 13.2 Å². The molecule has 0 aromatic heterocycles. The summed E-state index contributed by atoms with van der Waals surface area (Å²) in [6.07, 6.45) is 4.43. The molecule has 0 unspecified atom stereocenters. The van der Waals surface area contributed by atoms with Crippen molar-refractivity contribution in [1.29, 1.82) is 0 Å². The summed E-state index contributed by atoms with van der Waals surface area (Å²) in [6, 6.07) is 13.2. The van der Waals surface area contributed by atoms with Crippen molar-refractivity contribution < 1.29 is 13.2 Å². The Balaban J connectivity index is 2.04. The van der Waals surface area contributed by atoms with Crippen LogP contribution >= 0.6 is 0 Å². The van der Waals surface area contributed by atoms with E-state index in [1.807, 2.05) is 6.92 Å². The highest BCUT2D eigenvalue weighted by atomic mass is 32.2. The Morgan fingerprint density at radius 2 is 1.79 bits per heavy atom. The summed E-state index contributed by atoms with van der Waals surface area (Å²) in [5, 5.41) is 2.97. The van der Waals surface area contributed by atoms with Crippen molar-refractivity contribution in [2.24, 2.45) is 5.92 Å². The van der Waals surface area contributed by atoms with E-state index in [2.05, 4.69) is 23.9 Å². The van der Waals surface area contributed by atoms with Gasteiger partial charge in [0, 0.05) is 17.8 Å². The van der Waals surface area contributed by atoms with Crippen LogP contribution < -0.4 is 10.0 Å². The Kier molecular flexibility index (Phi) is 8.05. The van der Waals surface area contributed by atoms with Crippen LogP contribution in [0.5, 0.6) is 0 Å². The van der Waals surface area contributed by atoms with E-state index in [1.54, 1.807) is 48.5 Å². The van der Waals surface area contributed by atoms with Gasteiger partial charge in [0.05, 0.1) is 4.90 Å². The van der Waals surface area contributed by atoms with Crippen molar-refractivity contribution in [3.8, 4) is 0 Å². The molecule has 0 bridgehead atoms. The van der Waals surface area contributed by atoms with Crippen molar-refractivity contribution in [1.82, 2.24) is 5.32 Å². The molecule has 0 heterocycles. The Morgan fingerprint density at radius 1 is 1.07 bits per heavy atom. The van der Waals surface area contributed by atoms with Crippen LogP contribution in [0, 0.1) is 12.8 Å². The van der Waals surface area contributed by atoms with Gasteiger partial charge in [-0.05, 0) is 49.6 Å². The van der Waals surface area contributed by atoms with Gasteiger partial charge in [-0.1, -0.05) is 56.9 Å². The molecule has 2 N–H and O–H groups in total. The number of anilines is 1. The van der Waals surface area contributed by atoms with Crippen molar-refractivity contribution >= 4 is 21.6 Å². The molecule has 0 fully saturated rings. The molecule has 2 aromatic carbocycles. The average molecular weight is 403 g/mol. The number of sulfonamides is 1.